The van der Waals surface area contributed by atoms with Gasteiger partial charge in [-0.05, 0) is 31.0 Å². The van der Waals surface area contributed by atoms with Crippen LogP contribution in [0.25, 0.3) is 11.0 Å². The molecular formula is C14H18N2O. The zero-order valence-corrected chi connectivity index (χ0v) is 10.4. The Labute approximate surface area is 101 Å². The van der Waals surface area contributed by atoms with Crippen LogP contribution >= 0.6 is 0 Å². The van der Waals surface area contributed by atoms with Crippen molar-refractivity contribution in [1.29, 1.82) is 0 Å². The quantitative estimate of drug-likeness (QED) is 0.799. The van der Waals surface area contributed by atoms with Crippen molar-refractivity contribution < 1.29 is 4.79 Å². The lowest BCUT2D eigenvalue weighted by Crippen LogP contribution is -1.97. The number of carbonyl (C=O) groups excluding carboxylic acids is 1. The van der Waals surface area contributed by atoms with E-state index in [-0.39, 0.29) is 5.78 Å². The molecule has 17 heavy (non-hydrogen) atoms. The number of benzene rings is 1. The number of rotatable bonds is 5. The van der Waals surface area contributed by atoms with Crippen molar-refractivity contribution >= 4 is 16.8 Å². The number of hydrogen-bond donors (Lipinski definition) is 1. The number of nitrogens with one attached hydrogen (secondary N) is 1. The number of aromatic amines is 1. The molecule has 2 aromatic rings. The second-order valence-electron chi connectivity index (χ2n) is 4.34. The molecular weight excluding hydrogens is 212 g/mol. The van der Waals surface area contributed by atoms with Crippen molar-refractivity contribution in [2.75, 3.05) is 0 Å². The lowest BCUT2D eigenvalue weighted by Gasteiger charge is -1.98. The summed E-state index contributed by atoms with van der Waals surface area (Å²) in [7, 11) is 0. The molecule has 0 bridgehead atoms. The van der Waals surface area contributed by atoms with Gasteiger partial charge in [0.1, 0.15) is 5.82 Å². The van der Waals surface area contributed by atoms with Gasteiger partial charge in [0.15, 0.2) is 5.78 Å². The Morgan fingerprint density at radius 3 is 2.82 bits per heavy atom. The molecule has 0 saturated carbocycles. The zero-order chi connectivity index (χ0) is 12.3. The van der Waals surface area contributed by atoms with E-state index in [1.54, 1.807) is 0 Å². The van der Waals surface area contributed by atoms with Gasteiger partial charge in [0.25, 0.3) is 0 Å². The van der Waals surface area contributed by atoms with Gasteiger partial charge in [-0.3, -0.25) is 4.79 Å². The number of H-pyrrole nitrogens is 1. The first-order valence-corrected chi connectivity index (χ1v) is 6.26. The summed E-state index contributed by atoms with van der Waals surface area (Å²) < 4.78 is 0. The predicted octanol–water partition coefficient (Wildman–Crippen LogP) is 3.50. The first-order chi connectivity index (χ1) is 8.24. The van der Waals surface area contributed by atoms with Crippen LogP contribution in [-0.4, -0.2) is 15.8 Å². The molecule has 0 saturated heterocycles. The van der Waals surface area contributed by atoms with E-state index in [1.165, 1.54) is 0 Å². The molecule has 2 rings (SSSR count). The van der Waals surface area contributed by atoms with Gasteiger partial charge in [0, 0.05) is 18.4 Å². The molecule has 1 aromatic heterocycles. The molecule has 0 spiro atoms. The minimum atomic E-state index is 0.209. The van der Waals surface area contributed by atoms with Gasteiger partial charge in [-0.2, -0.15) is 0 Å². The number of fused-ring (bicyclic) bond motifs is 1. The Hall–Kier alpha value is -1.64. The fraction of sp³-hybridized carbons (Fsp3) is 0.429. The van der Waals surface area contributed by atoms with Gasteiger partial charge < -0.3 is 4.98 Å². The number of ketones is 1. The Kier molecular flexibility index (Phi) is 3.57. The lowest BCUT2D eigenvalue weighted by atomic mass is 10.1. The Bertz CT molecular complexity index is 528. The second-order valence-corrected chi connectivity index (χ2v) is 4.34. The van der Waals surface area contributed by atoms with E-state index < -0.39 is 0 Å². The van der Waals surface area contributed by atoms with Gasteiger partial charge in [-0.15, -0.1) is 0 Å². The maximum Gasteiger partial charge on any atom is 0.162 e. The Morgan fingerprint density at radius 2 is 2.12 bits per heavy atom. The summed E-state index contributed by atoms with van der Waals surface area (Å²) in [5, 5.41) is 0. The van der Waals surface area contributed by atoms with Gasteiger partial charge in [-0.1, -0.05) is 13.8 Å². The van der Waals surface area contributed by atoms with Crippen molar-refractivity contribution in [3.05, 3.63) is 29.6 Å². The van der Waals surface area contributed by atoms with Crippen molar-refractivity contribution in [2.45, 2.75) is 39.5 Å². The third-order valence-electron chi connectivity index (χ3n) is 2.82. The number of aromatic nitrogens is 2. The Balaban J connectivity index is 2.33. The molecule has 0 radical (unpaired) electrons. The van der Waals surface area contributed by atoms with Crippen LogP contribution < -0.4 is 0 Å². The van der Waals surface area contributed by atoms with Crippen LogP contribution in [0.3, 0.4) is 0 Å². The standard InChI is InChI=1S/C14H18N2O/c1-3-5-13(17)10-7-8-11-12(9-10)16-14(15-11)6-4-2/h7-9H,3-6H2,1-2H3,(H,15,16). The van der Waals surface area contributed by atoms with Crippen LogP contribution in [0.4, 0.5) is 0 Å². The van der Waals surface area contributed by atoms with Gasteiger partial charge in [-0.25, -0.2) is 4.98 Å². The molecule has 0 aliphatic carbocycles. The van der Waals surface area contributed by atoms with Crippen LogP contribution in [0.15, 0.2) is 18.2 Å². The molecule has 3 heteroatoms. The number of imidazole rings is 1. The SMILES string of the molecule is CCCC(=O)c1ccc2nc(CCC)[nH]c2c1. The van der Waals surface area contributed by atoms with Gasteiger partial charge in [0.2, 0.25) is 0 Å². The molecule has 0 amide bonds. The normalized spacial score (nSPS) is 10.9. The average molecular weight is 230 g/mol. The summed E-state index contributed by atoms with van der Waals surface area (Å²) in [5.41, 5.74) is 2.70. The first-order valence-electron chi connectivity index (χ1n) is 6.26. The summed E-state index contributed by atoms with van der Waals surface area (Å²) in [6.07, 6.45) is 3.52. The van der Waals surface area contributed by atoms with E-state index in [2.05, 4.69) is 16.9 Å². The molecule has 0 aliphatic heterocycles. The minimum Gasteiger partial charge on any atom is -0.342 e. The lowest BCUT2D eigenvalue weighted by molar-refractivity contribution is 0.0982. The molecule has 1 aromatic carbocycles. The molecule has 0 unspecified atom stereocenters. The van der Waals surface area contributed by atoms with E-state index in [0.717, 1.165) is 41.7 Å². The highest BCUT2D eigenvalue weighted by molar-refractivity contribution is 5.98. The predicted molar refractivity (Wildman–Crippen MR) is 69.3 cm³/mol. The number of nitrogens with zero attached hydrogens (tertiary/aromatic N) is 1. The topological polar surface area (TPSA) is 45.8 Å². The minimum absolute atomic E-state index is 0.209. The maximum atomic E-state index is 11.8. The highest BCUT2D eigenvalue weighted by atomic mass is 16.1. The third kappa shape index (κ3) is 2.54. The van der Waals surface area contributed by atoms with E-state index in [9.17, 15) is 4.79 Å². The summed E-state index contributed by atoms with van der Waals surface area (Å²) in [4.78, 5) is 19.5. The smallest absolute Gasteiger partial charge is 0.162 e. The van der Waals surface area contributed by atoms with E-state index in [0.29, 0.717) is 6.42 Å². The zero-order valence-electron chi connectivity index (χ0n) is 10.4. The highest BCUT2D eigenvalue weighted by Gasteiger charge is 2.07. The van der Waals surface area contributed by atoms with Crippen molar-refractivity contribution in [3.8, 4) is 0 Å². The number of hydrogen-bond acceptors (Lipinski definition) is 2. The fourth-order valence-electron chi connectivity index (χ4n) is 1.96. The summed E-state index contributed by atoms with van der Waals surface area (Å²) in [6.45, 7) is 4.15. The number of aryl methyl sites for hydroxylation is 1. The van der Waals surface area contributed by atoms with Gasteiger partial charge >= 0.3 is 0 Å². The number of Topliss-reactive ketones (excluding diaryl/α,β-unsaturated/α-hetero) is 1. The summed E-state index contributed by atoms with van der Waals surface area (Å²) >= 11 is 0. The van der Waals surface area contributed by atoms with Crippen LogP contribution in [0.5, 0.6) is 0 Å². The monoisotopic (exact) mass is 230 g/mol. The summed E-state index contributed by atoms with van der Waals surface area (Å²) in [5.74, 6) is 1.21. The van der Waals surface area contributed by atoms with Gasteiger partial charge in [0.05, 0.1) is 11.0 Å². The van der Waals surface area contributed by atoms with Crippen LogP contribution in [-0.2, 0) is 6.42 Å². The first kappa shape index (κ1) is 11.8. The molecule has 3 nitrogen and oxygen atoms in total. The highest BCUT2D eigenvalue weighted by Crippen LogP contribution is 2.16. The second kappa shape index (κ2) is 5.13. The largest absolute Gasteiger partial charge is 0.342 e. The van der Waals surface area contributed by atoms with E-state index >= 15 is 0 Å². The molecule has 1 N–H and O–H groups in total. The van der Waals surface area contributed by atoms with Crippen LogP contribution in [0.1, 0.15) is 49.3 Å². The molecule has 1 heterocycles. The maximum absolute atomic E-state index is 11.8. The summed E-state index contributed by atoms with van der Waals surface area (Å²) in [6, 6.07) is 5.71. The number of carbonyl (C=O) groups is 1. The molecule has 0 fully saturated rings. The average Bonchev–Trinajstić information content (AvgIpc) is 2.71. The van der Waals surface area contributed by atoms with Crippen molar-refractivity contribution in [1.82, 2.24) is 9.97 Å². The fourth-order valence-corrected chi connectivity index (χ4v) is 1.96. The third-order valence-corrected chi connectivity index (χ3v) is 2.82. The molecule has 90 valence electrons. The van der Waals surface area contributed by atoms with Crippen molar-refractivity contribution in [2.24, 2.45) is 0 Å². The Morgan fingerprint density at radius 1 is 1.29 bits per heavy atom. The van der Waals surface area contributed by atoms with Crippen LogP contribution in [0, 0.1) is 0 Å². The van der Waals surface area contributed by atoms with Crippen LogP contribution in [0.2, 0.25) is 0 Å². The molecule has 0 atom stereocenters. The van der Waals surface area contributed by atoms with E-state index in [1.807, 2.05) is 25.1 Å². The molecule has 0 aliphatic rings. The van der Waals surface area contributed by atoms with Crippen molar-refractivity contribution in [3.63, 3.8) is 0 Å². The van der Waals surface area contributed by atoms with E-state index in [4.69, 9.17) is 0 Å².